The van der Waals surface area contributed by atoms with Crippen molar-refractivity contribution in [2.75, 3.05) is 34.3 Å². The Morgan fingerprint density at radius 1 is 1.27 bits per heavy atom. The molecule has 11 heavy (non-hydrogen) atoms. The molecule has 5 N–H and O–H groups in total. The number of aliphatic hydroxyl groups is 2. The average Bonchev–Trinajstić information content (AvgIpc) is 1.62. The summed E-state index contributed by atoms with van der Waals surface area (Å²) in [5, 5.41) is 17.4. The minimum absolute atomic E-state index is 0. The van der Waals surface area contributed by atoms with Crippen LogP contribution >= 0.6 is 0 Å². The molecule has 0 aromatic heterocycles. The number of nitrogens with zero attached hydrogens (tertiary/aromatic N) is 1. The number of likely N-dealkylation sites (N-methyl/N-ethyl adjacent to an activating group) is 1. The predicted octanol–water partition coefficient (Wildman–Crippen LogP) is -3.79. The molecule has 0 spiro atoms. The highest BCUT2D eigenvalue weighted by atomic mass is 35.5. The van der Waals surface area contributed by atoms with E-state index in [1.54, 1.807) is 0 Å². The van der Waals surface area contributed by atoms with Crippen LogP contribution in [0.4, 0.5) is 0 Å². The first-order chi connectivity index (χ1) is 3.95. The maximum Gasteiger partial charge on any atom is 0.126 e. The molecular formula is C6H19ClN2O2. The van der Waals surface area contributed by atoms with Gasteiger partial charge in [-0.05, 0) is 0 Å². The second-order valence-electron chi connectivity index (χ2n) is 3.31. The number of halogens is 1. The summed E-state index contributed by atoms with van der Waals surface area (Å²) in [7, 11) is 5.91. The van der Waals surface area contributed by atoms with Gasteiger partial charge in [-0.1, -0.05) is 0 Å². The SMILES string of the molecule is C[N+](C)(C)CC(O)CO.N.[Cl-]. The van der Waals surface area contributed by atoms with Crippen molar-refractivity contribution in [3.05, 3.63) is 0 Å². The highest BCUT2D eigenvalue weighted by Crippen LogP contribution is 1.92. The van der Waals surface area contributed by atoms with Crippen LogP contribution in [0.25, 0.3) is 0 Å². The molecule has 0 radical (unpaired) electrons. The normalized spacial score (nSPS) is 12.8. The van der Waals surface area contributed by atoms with Crippen molar-refractivity contribution in [3.63, 3.8) is 0 Å². The van der Waals surface area contributed by atoms with E-state index in [0.29, 0.717) is 11.0 Å². The second kappa shape index (κ2) is 6.82. The van der Waals surface area contributed by atoms with E-state index in [2.05, 4.69) is 0 Å². The minimum Gasteiger partial charge on any atom is -1.00 e. The molecule has 1 unspecified atom stereocenters. The molecule has 0 heterocycles. The Morgan fingerprint density at radius 2 is 1.64 bits per heavy atom. The number of hydrogen-bond acceptors (Lipinski definition) is 3. The summed E-state index contributed by atoms with van der Waals surface area (Å²) in [5.74, 6) is 0. The van der Waals surface area contributed by atoms with Crippen molar-refractivity contribution in [2.24, 2.45) is 0 Å². The average molecular weight is 187 g/mol. The van der Waals surface area contributed by atoms with Gasteiger partial charge in [-0.25, -0.2) is 0 Å². The molecule has 0 saturated heterocycles. The quantitative estimate of drug-likeness (QED) is 0.396. The Kier molecular flexibility index (Phi) is 10.7. The zero-order valence-corrected chi connectivity index (χ0v) is 8.17. The van der Waals surface area contributed by atoms with Crippen molar-refractivity contribution in [2.45, 2.75) is 6.10 Å². The third kappa shape index (κ3) is 13.2. The molecule has 0 aromatic carbocycles. The van der Waals surface area contributed by atoms with E-state index in [1.165, 1.54) is 0 Å². The van der Waals surface area contributed by atoms with Crippen molar-refractivity contribution in [1.82, 2.24) is 6.15 Å². The van der Waals surface area contributed by atoms with Gasteiger partial charge in [0.1, 0.15) is 12.6 Å². The summed E-state index contributed by atoms with van der Waals surface area (Å²) in [5.41, 5.74) is 0. The molecule has 0 saturated carbocycles. The Labute approximate surface area is 74.4 Å². The molecule has 0 aliphatic rings. The molecule has 72 valence electrons. The zero-order chi connectivity index (χ0) is 7.49. The summed E-state index contributed by atoms with van der Waals surface area (Å²) in [6.07, 6.45) is -0.579. The van der Waals surface area contributed by atoms with Gasteiger partial charge >= 0.3 is 0 Å². The molecule has 0 aromatic rings. The van der Waals surface area contributed by atoms with Gasteiger partial charge in [0.05, 0.1) is 27.7 Å². The smallest absolute Gasteiger partial charge is 0.126 e. The standard InChI is InChI=1S/C6H16NO2.ClH.H3N/c1-7(2,3)4-6(9)5-8;;/h6,8-9H,4-5H2,1-3H3;1H;1H3/q+1;;/p-1. The molecular weight excluding hydrogens is 168 g/mol. The Balaban J connectivity index is -0.000000320. The molecule has 0 aliphatic carbocycles. The fourth-order valence-corrected chi connectivity index (χ4v) is 0.690. The lowest BCUT2D eigenvalue weighted by Crippen LogP contribution is -3.00. The topological polar surface area (TPSA) is 75.5 Å². The van der Waals surface area contributed by atoms with Gasteiger partial charge in [-0.2, -0.15) is 0 Å². The monoisotopic (exact) mass is 186 g/mol. The van der Waals surface area contributed by atoms with Crippen molar-refractivity contribution < 1.29 is 27.1 Å². The Morgan fingerprint density at radius 3 is 1.73 bits per heavy atom. The van der Waals surface area contributed by atoms with E-state index in [4.69, 9.17) is 10.2 Å². The van der Waals surface area contributed by atoms with E-state index in [1.807, 2.05) is 21.1 Å². The van der Waals surface area contributed by atoms with Crippen molar-refractivity contribution >= 4 is 0 Å². The highest BCUT2D eigenvalue weighted by molar-refractivity contribution is 4.47. The van der Waals surface area contributed by atoms with Gasteiger partial charge in [-0.15, -0.1) is 0 Å². The molecule has 5 heteroatoms. The Hall–Kier alpha value is 0.130. The molecule has 0 amide bonds. The van der Waals surface area contributed by atoms with E-state index < -0.39 is 6.10 Å². The van der Waals surface area contributed by atoms with Gasteiger partial charge < -0.3 is 33.3 Å². The Bertz CT molecular complexity index is 85.1. The molecule has 0 bridgehead atoms. The van der Waals surface area contributed by atoms with Gasteiger partial charge in [0, 0.05) is 0 Å². The third-order valence-corrected chi connectivity index (χ3v) is 0.969. The first-order valence-corrected chi connectivity index (χ1v) is 3.05. The van der Waals surface area contributed by atoms with Crippen molar-refractivity contribution in [1.29, 1.82) is 0 Å². The second-order valence-corrected chi connectivity index (χ2v) is 3.31. The lowest BCUT2D eigenvalue weighted by atomic mass is 10.3. The summed E-state index contributed by atoms with van der Waals surface area (Å²) < 4.78 is 0.682. The molecule has 0 aliphatic heterocycles. The van der Waals surface area contributed by atoms with E-state index in [-0.39, 0.29) is 25.2 Å². The summed E-state index contributed by atoms with van der Waals surface area (Å²) in [6.45, 7) is 0.450. The predicted molar refractivity (Wildman–Crippen MR) is 41.0 cm³/mol. The molecule has 0 rings (SSSR count). The number of hydrogen-bond donors (Lipinski definition) is 3. The summed E-state index contributed by atoms with van der Waals surface area (Å²) in [4.78, 5) is 0. The lowest BCUT2D eigenvalue weighted by Gasteiger charge is -2.25. The van der Waals surface area contributed by atoms with Crippen LogP contribution in [-0.4, -0.2) is 55.1 Å². The first kappa shape index (κ1) is 17.3. The van der Waals surface area contributed by atoms with Crippen LogP contribution in [0.1, 0.15) is 0 Å². The molecule has 4 nitrogen and oxygen atoms in total. The third-order valence-electron chi connectivity index (χ3n) is 0.969. The van der Waals surface area contributed by atoms with Crippen LogP contribution in [0.3, 0.4) is 0 Å². The van der Waals surface area contributed by atoms with Gasteiger partial charge in [-0.3, -0.25) is 0 Å². The van der Waals surface area contributed by atoms with Crippen LogP contribution in [-0.2, 0) is 0 Å². The lowest BCUT2D eigenvalue weighted by molar-refractivity contribution is -0.873. The van der Waals surface area contributed by atoms with Crippen LogP contribution in [0.5, 0.6) is 0 Å². The van der Waals surface area contributed by atoms with Crippen molar-refractivity contribution in [3.8, 4) is 0 Å². The zero-order valence-electron chi connectivity index (χ0n) is 7.42. The largest absolute Gasteiger partial charge is 1.00 e. The van der Waals surface area contributed by atoms with Gasteiger partial charge in [0.2, 0.25) is 0 Å². The van der Waals surface area contributed by atoms with E-state index >= 15 is 0 Å². The summed E-state index contributed by atoms with van der Waals surface area (Å²) in [6, 6.07) is 0. The summed E-state index contributed by atoms with van der Waals surface area (Å²) >= 11 is 0. The van der Waals surface area contributed by atoms with Gasteiger partial charge in [0.25, 0.3) is 0 Å². The van der Waals surface area contributed by atoms with Gasteiger partial charge in [0.15, 0.2) is 0 Å². The minimum atomic E-state index is -0.579. The van der Waals surface area contributed by atoms with Crippen LogP contribution in [0.15, 0.2) is 0 Å². The fourth-order valence-electron chi connectivity index (χ4n) is 0.690. The first-order valence-electron chi connectivity index (χ1n) is 3.05. The van der Waals surface area contributed by atoms with Crippen LogP contribution in [0.2, 0.25) is 0 Å². The molecule has 0 fully saturated rings. The fraction of sp³-hybridized carbons (Fsp3) is 1.00. The number of aliphatic hydroxyl groups excluding tert-OH is 2. The number of quaternary nitrogens is 1. The van der Waals surface area contributed by atoms with E-state index in [0.717, 1.165) is 0 Å². The highest BCUT2D eigenvalue weighted by Gasteiger charge is 2.13. The maximum absolute atomic E-state index is 8.93. The van der Waals surface area contributed by atoms with E-state index in [9.17, 15) is 0 Å². The number of rotatable bonds is 3. The molecule has 1 atom stereocenters. The van der Waals surface area contributed by atoms with Crippen LogP contribution < -0.4 is 18.6 Å². The maximum atomic E-state index is 8.93. The van der Waals surface area contributed by atoms with Crippen LogP contribution in [0, 0.1) is 0 Å².